The normalized spacial score (nSPS) is 19.6. The van der Waals surface area contributed by atoms with Crippen molar-refractivity contribution in [3.63, 3.8) is 0 Å². The Labute approximate surface area is 210 Å². The Morgan fingerprint density at radius 3 is 2.50 bits per heavy atom. The van der Waals surface area contributed by atoms with Crippen LogP contribution in [0.2, 0.25) is 0 Å². The summed E-state index contributed by atoms with van der Waals surface area (Å²) in [5.41, 5.74) is 3.43. The summed E-state index contributed by atoms with van der Waals surface area (Å²) in [6, 6.07) is 13.0. The van der Waals surface area contributed by atoms with E-state index in [0.29, 0.717) is 23.2 Å². The number of aryl methyl sites for hydroxylation is 1. The second-order valence-corrected chi connectivity index (χ2v) is 10.1. The van der Waals surface area contributed by atoms with Gasteiger partial charge < -0.3 is 19.1 Å². The predicted molar refractivity (Wildman–Crippen MR) is 139 cm³/mol. The Balaban J connectivity index is 1.37. The Bertz CT molecular complexity index is 1370. The van der Waals surface area contributed by atoms with E-state index in [2.05, 4.69) is 20.9 Å². The minimum absolute atomic E-state index is 0.0922. The number of halogens is 1. The van der Waals surface area contributed by atoms with Crippen molar-refractivity contribution in [2.75, 3.05) is 30.5 Å². The molecule has 2 fully saturated rings. The van der Waals surface area contributed by atoms with E-state index < -0.39 is 0 Å². The first-order valence-corrected chi connectivity index (χ1v) is 12.6. The number of rotatable bonds is 7. The summed E-state index contributed by atoms with van der Waals surface area (Å²) in [5.74, 6) is 0.643. The molecule has 188 valence electrons. The first kappa shape index (κ1) is 24.1. The molecule has 0 N–H and O–H groups in total. The molecule has 5 rings (SSSR count). The molecule has 0 atom stereocenters. The number of aromatic nitrogens is 2. The molecule has 36 heavy (non-hydrogen) atoms. The Morgan fingerprint density at radius 2 is 1.83 bits per heavy atom. The minimum atomic E-state index is -0.340. The van der Waals surface area contributed by atoms with Crippen LogP contribution in [0.3, 0.4) is 0 Å². The number of methoxy groups -OCH3 is 1. The van der Waals surface area contributed by atoms with Gasteiger partial charge in [0.05, 0.1) is 18.3 Å². The van der Waals surface area contributed by atoms with Gasteiger partial charge in [0, 0.05) is 50.5 Å². The van der Waals surface area contributed by atoms with Gasteiger partial charge in [-0.05, 0) is 68.7 Å². The van der Waals surface area contributed by atoms with Gasteiger partial charge in [0.15, 0.2) is 11.6 Å². The second-order valence-electron chi connectivity index (χ2n) is 10.1. The zero-order valence-electron chi connectivity index (χ0n) is 21.1. The van der Waals surface area contributed by atoms with Gasteiger partial charge in [0.25, 0.3) is 5.56 Å². The molecule has 0 aliphatic heterocycles. The van der Waals surface area contributed by atoms with Crippen LogP contribution < -0.4 is 20.1 Å². The van der Waals surface area contributed by atoms with Crippen molar-refractivity contribution in [1.29, 1.82) is 5.26 Å². The summed E-state index contributed by atoms with van der Waals surface area (Å²) in [7, 11) is 5.25. The monoisotopic (exact) mass is 489 g/mol. The molecule has 0 bridgehead atoms. The number of anilines is 2. The fourth-order valence-electron chi connectivity index (χ4n) is 5.47. The number of nitrogens with zero attached hydrogens (tertiary/aromatic N) is 5. The van der Waals surface area contributed by atoms with Crippen molar-refractivity contribution in [3.05, 3.63) is 58.3 Å². The molecule has 2 heterocycles. The number of fused-ring (bicyclic) bond motifs is 1. The van der Waals surface area contributed by atoms with Crippen LogP contribution in [-0.4, -0.2) is 42.3 Å². The number of nitriles is 1. The van der Waals surface area contributed by atoms with Gasteiger partial charge in [0.1, 0.15) is 17.3 Å². The van der Waals surface area contributed by atoms with E-state index in [4.69, 9.17) is 4.74 Å². The number of pyridine rings is 2. The molecule has 0 amide bonds. The fourth-order valence-corrected chi connectivity index (χ4v) is 5.47. The SMILES string of the molecule is COc1cc(N(CC2CC2)[C@H]2CC[C@@H](N(C)c3cc(=O)n(C)c4ccc(C#N)nc34)CC2)ccc1F. The zero-order chi connectivity index (χ0) is 25.4. The lowest BCUT2D eigenvalue weighted by Crippen LogP contribution is -2.44. The summed E-state index contributed by atoms with van der Waals surface area (Å²) in [5, 5.41) is 9.36. The average molecular weight is 490 g/mol. The molecule has 1 aromatic carbocycles. The van der Waals surface area contributed by atoms with Crippen LogP contribution >= 0.6 is 0 Å². The van der Waals surface area contributed by atoms with Crippen LogP contribution in [0.25, 0.3) is 11.0 Å². The Morgan fingerprint density at radius 1 is 1.11 bits per heavy atom. The topological polar surface area (TPSA) is 74.4 Å². The van der Waals surface area contributed by atoms with Crippen molar-refractivity contribution in [3.8, 4) is 11.8 Å². The smallest absolute Gasteiger partial charge is 0.252 e. The molecule has 2 aromatic heterocycles. The van der Waals surface area contributed by atoms with E-state index in [-0.39, 0.29) is 23.2 Å². The Kier molecular flexibility index (Phi) is 6.57. The minimum Gasteiger partial charge on any atom is -0.494 e. The second kappa shape index (κ2) is 9.81. The van der Waals surface area contributed by atoms with Gasteiger partial charge in [-0.1, -0.05) is 0 Å². The molecular weight excluding hydrogens is 457 g/mol. The van der Waals surface area contributed by atoms with Crippen molar-refractivity contribution in [1.82, 2.24) is 9.55 Å². The van der Waals surface area contributed by atoms with E-state index >= 15 is 0 Å². The largest absolute Gasteiger partial charge is 0.494 e. The average Bonchev–Trinajstić information content (AvgIpc) is 3.73. The van der Waals surface area contributed by atoms with E-state index in [0.717, 1.165) is 49.1 Å². The lowest BCUT2D eigenvalue weighted by atomic mass is 9.88. The lowest BCUT2D eigenvalue weighted by molar-refractivity contribution is 0.363. The van der Waals surface area contributed by atoms with Gasteiger partial charge in [0.2, 0.25) is 0 Å². The van der Waals surface area contributed by atoms with E-state index in [1.807, 2.05) is 19.2 Å². The van der Waals surface area contributed by atoms with Crippen LogP contribution in [0.4, 0.5) is 15.8 Å². The maximum Gasteiger partial charge on any atom is 0.252 e. The summed E-state index contributed by atoms with van der Waals surface area (Å²) in [6.45, 7) is 0.986. The van der Waals surface area contributed by atoms with Crippen molar-refractivity contribution < 1.29 is 9.13 Å². The lowest BCUT2D eigenvalue weighted by Gasteiger charge is -2.41. The summed E-state index contributed by atoms with van der Waals surface area (Å²) >= 11 is 0. The molecule has 2 saturated carbocycles. The summed E-state index contributed by atoms with van der Waals surface area (Å²) in [6.07, 6.45) is 6.44. The molecule has 7 nitrogen and oxygen atoms in total. The number of hydrogen-bond acceptors (Lipinski definition) is 6. The number of ether oxygens (including phenoxy) is 1. The van der Waals surface area contributed by atoms with Crippen LogP contribution in [0.1, 0.15) is 44.2 Å². The highest BCUT2D eigenvalue weighted by atomic mass is 19.1. The molecule has 3 aromatic rings. The number of benzene rings is 1. The number of hydrogen-bond donors (Lipinski definition) is 0. The third kappa shape index (κ3) is 4.62. The van der Waals surface area contributed by atoms with Crippen LogP contribution in [0.15, 0.2) is 41.2 Å². The Hall–Kier alpha value is -3.60. The third-order valence-electron chi connectivity index (χ3n) is 7.84. The van der Waals surface area contributed by atoms with Crippen molar-refractivity contribution in [2.24, 2.45) is 13.0 Å². The molecule has 0 spiro atoms. The van der Waals surface area contributed by atoms with Crippen LogP contribution in [0.5, 0.6) is 5.75 Å². The zero-order valence-corrected chi connectivity index (χ0v) is 21.1. The first-order valence-electron chi connectivity index (χ1n) is 12.6. The highest BCUT2D eigenvalue weighted by Crippen LogP contribution is 2.38. The highest BCUT2D eigenvalue weighted by Gasteiger charge is 2.33. The van der Waals surface area contributed by atoms with Gasteiger partial charge in [-0.15, -0.1) is 0 Å². The predicted octanol–water partition coefficient (Wildman–Crippen LogP) is 4.62. The fraction of sp³-hybridized carbons (Fsp3) is 0.464. The summed E-state index contributed by atoms with van der Waals surface area (Å²) in [4.78, 5) is 21.8. The summed E-state index contributed by atoms with van der Waals surface area (Å²) < 4.78 is 20.9. The maximum absolute atomic E-state index is 14.1. The molecule has 8 heteroatoms. The first-order chi connectivity index (χ1) is 17.4. The van der Waals surface area contributed by atoms with Gasteiger partial charge in [-0.2, -0.15) is 5.26 Å². The van der Waals surface area contributed by atoms with Gasteiger partial charge >= 0.3 is 0 Å². The van der Waals surface area contributed by atoms with E-state index in [9.17, 15) is 14.4 Å². The molecule has 2 aliphatic rings. The van der Waals surface area contributed by atoms with Gasteiger partial charge in [-0.25, -0.2) is 9.37 Å². The highest BCUT2D eigenvalue weighted by molar-refractivity contribution is 5.88. The van der Waals surface area contributed by atoms with Crippen LogP contribution in [0, 0.1) is 23.1 Å². The molecule has 0 radical (unpaired) electrons. The van der Waals surface area contributed by atoms with Gasteiger partial charge in [-0.3, -0.25) is 4.79 Å². The molecular formula is C28H32FN5O2. The van der Waals surface area contributed by atoms with Crippen molar-refractivity contribution in [2.45, 2.75) is 50.6 Å². The maximum atomic E-state index is 14.1. The third-order valence-corrected chi connectivity index (χ3v) is 7.84. The molecule has 0 saturated heterocycles. The van der Waals surface area contributed by atoms with Crippen LogP contribution in [-0.2, 0) is 7.05 Å². The quantitative estimate of drug-likeness (QED) is 0.482. The van der Waals surface area contributed by atoms with E-state index in [1.54, 1.807) is 29.8 Å². The molecule has 2 aliphatic carbocycles. The standard InChI is InChI=1S/C28H32FN5O2/c1-32(25-15-27(35)33(2)24-13-6-19(16-30)31-28(24)25)20-7-9-21(10-8-20)34(17-18-4-5-18)22-11-12-23(29)26(14-22)36-3/h6,11-15,18,20-21H,4-5,7-10,17H2,1-3H3/t20-,21+. The van der Waals surface area contributed by atoms with Crippen molar-refractivity contribution >= 4 is 22.4 Å². The molecule has 0 unspecified atom stereocenters. The van der Waals surface area contributed by atoms with E-state index in [1.165, 1.54) is 26.0 Å².